The van der Waals surface area contributed by atoms with Gasteiger partial charge < -0.3 is 5.11 Å². The van der Waals surface area contributed by atoms with E-state index >= 15 is 0 Å². The van der Waals surface area contributed by atoms with Gasteiger partial charge in [0.1, 0.15) is 0 Å². The largest absolute Gasteiger partial charge is 0.385 e. The summed E-state index contributed by atoms with van der Waals surface area (Å²) >= 11 is 0. The highest BCUT2D eigenvalue weighted by Gasteiger charge is 2.27. The smallest absolute Gasteiger partial charge is 0.0896 e. The normalized spacial score (nSPS) is 11.9. The van der Waals surface area contributed by atoms with E-state index in [0.29, 0.717) is 0 Å². The molecule has 1 aromatic carbocycles. The summed E-state index contributed by atoms with van der Waals surface area (Å²) in [7, 11) is 0. The first-order valence-electron chi connectivity index (χ1n) is 6.77. The van der Waals surface area contributed by atoms with Gasteiger partial charge in [-0.2, -0.15) is 0 Å². The molecule has 2 rings (SSSR count). The summed E-state index contributed by atoms with van der Waals surface area (Å²) in [4.78, 5) is 4.31. The molecule has 0 radical (unpaired) electrons. The Hall–Kier alpha value is -1.41. The Morgan fingerprint density at radius 1 is 1.11 bits per heavy atom. The third-order valence-electron chi connectivity index (χ3n) is 3.47. The number of aliphatic hydroxyl groups is 1. The van der Waals surface area contributed by atoms with Crippen LogP contribution < -0.4 is 0 Å². The maximum Gasteiger partial charge on any atom is 0.0896 e. The lowest BCUT2D eigenvalue weighted by Crippen LogP contribution is -2.25. The minimum absolute atomic E-state index is 0.687. The number of aromatic nitrogens is 1. The Balaban J connectivity index is 2.44. The monoisotopic (exact) mass is 243 g/mol. The summed E-state index contributed by atoms with van der Waals surface area (Å²) in [5, 5.41) is 11.9. The standard InChI is InChI=1S/C16H21NO/c1-3-9-16(18,10-4-2)14-7-8-15-13(12-14)6-5-11-17-15/h5-8,11-12,18H,3-4,9-10H2,1-2H3. The Morgan fingerprint density at radius 2 is 1.83 bits per heavy atom. The van der Waals surface area contributed by atoms with Gasteiger partial charge in [-0.3, -0.25) is 4.98 Å². The second kappa shape index (κ2) is 5.49. The second-order valence-corrected chi connectivity index (χ2v) is 4.94. The zero-order chi connectivity index (χ0) is 13.0. The molecule has 0 aliphatic heterocycles. The first-order chi connectivity index (χ1) is 8.69. The Bertz CT molecular complexity index is 515. The molecule has 2 heteroatoms. The van der Waals surface area contributed by atoms with Gasteiger partial charge >= 0.3 is 0 Å². The van der Waals surface area contributed by atoms with Gasteiger partial charge in [-0.1, -0.05) is 38.8 Å². The van der Waals surface area contributed by atoms with Crippen molar-refractivity contribution in [3.05, 3.63) is 42.1 Å². The van der Waals surface area contributed by atoms with Crippen LogP contribution in [0.25, 0.3) is 10.9 Å². The topological polar surface area (TPSA) is 33.1 Å². The van der Waals surface area contributed by atoms with Crippen LogP contribution in [0.3, 0.4) is 0 Å². The van der Waals surface area contributed by atoms with E-state index in [4.69, 9.17) is 0 Å². The average Bonchev–Trinajstić information content (AvgIpc) is 2.39. The van der Waals surface area contributed by atoms with Crippen LogP contribution in [0.5, 0.6) is 0 Å². The van der Waals surface area contributed by atoms with E-state index in [1.165, 1.54) is 0 Å². The summed E-state index contributed by atoms with van der Waals surface area (Å²) in [5.41, 5.74) is 1.32. The van der Waals surface area contributed by atoms with Gasteiger partial charge in [0, 0.05) is 11.6 Å². The van der Waals surface area contributed by atoms with Crippen LogP contribution in [-0.4, -0.2) is 10.1 Å². The maximum absolute atomic E-state index is 10.8. The van der Waals surface area contributed by atoms with E-state index < -0.39 is 5.60 Å². The number of hydrogen-bond donors (Lipinski definition) is 1. The van der Waals surface area contributed by atoms with E-state index in [0.717, 1.165) is 42.1 Å². The van der Waals surface area contributed by atoms with Crippen LogP contribution in [0.4, 0.5) is 0 Å². The highest BCUT2D eigenvalue weighted by atomic mass is 16.3. The van der Waals surface area contributed by atoms with Gasteiger partial charge in [-0.05, 0) is 36.6 Å². The van der Waals surface area contributed by atoms with Gasteiger partial charge in [-0.15, -0.1) is 0 Å². The van der Waals surface area contributed by atoms with Gasteiger partial charge in [0.15, 0.2) is 0 Å². The summed E-state index contributed by atoms with van der Waals surface area (Å²) < 4.78 is 0. The molecule has 96 valence electrons. The van der Waals surface area contributed by atoms with Gasteiger partial charge in [0.2, 0.25) is 0 Å². The molecule has 0 amide bonds. The van der Waals surface area contributed by atoms with Crippen LogP contribution in [0.1, 0.15) is 45.1 Å². The lowest BCUT2D eigenvalue weighted by atomic mass is 9.85. The molecule has 0 unspecified atom stereocenters. The fourth-order valence-electron chi connectivity index (χ4n) is 2.61. The highest BCUT2D eigenvalue weighted by Crippen LogP contribution is 2.32. The highest BCUT2D eigenvalue weighted by molar-refractivity contribution is 5.79. The minimum atomic E-state index is -0.687. The Kier molecular flexibility index (Phi) is 3.97. The molecule has 0 aliphatic carbocycles. The third-order valence-corrected chi connectivity index (χ3v) is 3.47. The second-order valence-electron chi connectivity index (χ2n) is 4.94. The molecule has 0 saturated heterocycles. The summed E-state index contributed by atoms with van der Waals surface area (Å²) in [6.45, 7) is 4.23. The first kappa shape index (κ1) is 13.0. The third kappa shape index (κ3) is 2.54. The number of benzene rings is 1. The maximum atomic E-state index is 10.8. The Labute approximate surface area is 109 Å². The number of rotatable bonds is 5. The van der Waals surface area contributed by atoms with Gasteiger partial charge in [0.05, 0.1) is 11.1 Å². The van der Waals surface area contributed by atoms with E-state index in [2.05, 4.69) is 24.9 Å². The van der Waals surface area contributed by atoms with Crippen molar-refractivity contribution < 1.29 is 5.11 Å². The lowest BCUT2D eigenvalue weighted by molar-refractivity contribution is 0.0171. The molecule has 2 nitrogen and oxygen atoms in total. The molecule has 1 N–H and O–H groups in total. The summed E-state index contributed by atoms with van der Waals surface area (Å²) in [6, 6.07) is 10.1. The van der Waals surface area contributed by atoms with Crippen molar-refractivity contribution in [1.82, 2.24) is 4.98 Å². The van der Waals surface area contributed by atoms with Crippen molar-refractivity contribution in [2.45, 2.75) is 45.1 Å². The number of pyridine rings is 1. The van der Waals surface area contributed by atoms with Crippen LogP contribution in [0.15, 0.2) is 36.5 Å². The van der Waals surface area contributed by atoms with E-state index in [9.17, 15) is 5.11 Å². The molecule has 0 bridgehead atoms. The van der Waals surface area contributed by atoms with Gasteiger partial charge in [0.25, 0.3) is 0 Å². The number of hydrogen-bond acceptors (Lipinski definition) is 2. The average molecular weight is 243 g/mol. The Morgan fingerprint density at radius 3 is 2.50 bits per heavy atom. The van der Waals surface area contributed by atoms with Crippen molar-refractivity contribution >= 4 is 10.9 Å². The van der Waals surface area contributed by atoms with Crippen LogP contribution in [0.2, 0.25) is 0 Å². The molecule has 0 fully saturated rings. The predicted molar refractivity (Wildman–Crippen MR) is 75.5 cm³/mol. The summed E-state index contributed by atoms with van der Waals surface area (Å²) in [5.74, 6) is 0. The molecule has 0 spiro atoms. The zero-order valence-electron chi connectivity index (χ0n) is 11.2. The van der Waals surface area contributed by atoms with Crippen molar-refractivity contribution in [3.63, 3.8) is 0 Å². The fourth-order valence-corrected chi connectivity index (χ4v) is 2.61. The fraction of sp³-hybridized carbons (Fsp3) is 0.438. The van der Waals surface area contributed by atoms with Crippen LogP contribution in [0, 0.1) is 0 Å². The number of nitrogens with zero attached hydrogens (tertiary/aromatic N) is 1. The number of fused-ring (bicyclic) bond motifs is 1. The molecule has 0 atom stereocenters. The van der Waals surface area contributed by atoms with Crippen molar-refractivity contribution in [2.24, 2.45) is 0 Å². The lowest BCUT2D eigenvalue weighted by Gasteiger charge is -2.28. The molecule has 2 aromatic rings. The quantitative estimate of drug-likeness (QED) is 0.860. The van der Waals surface area contributed by atoms with E-state index in [1.807, 2.05) is 24.3 Å². The van der Waals surface area contributed by atoms with Crippen molar-refractivity contribution in [2.75, 3.05) is 0 Å². The zero-order valence-corrected chi connectivity index (χ0v) is 11.2. The van der Waals surface area contributed by atoms with Crippen molar-refractivity contribution in [3.8, 4) is 0 Å². The van der Waals surface area contributed by atoms with E-state index in [-0.39, 0.29) is 0 Å². The van der Waals surface area contributed by atoms with Crippen molar-refractivity contribution in [1.29, 1.82) is 0 Å². The van der Waals surface area contributed by atoms with Gasteiger partial charge in [-0.25, -0.2) is 0 Å². The molecular formula is C16H21NO. The molecular weight excluding hydrogens is 222 g/mol. The molecule has 18 heavy (non-hydrogen) atoms. The van der Waals surface area contributed by atoms with E-state index in [1.54, 1.807) is 6.20 Å². The molecule has 0 saturated carbocycles. The SMILES string of the molecule is CCCC(O)(CCC)c1ccc2ncccc2c1. The molecule has 0 aliphatic rings. The van der Waals surface area contributed by atoms with Crippen LogP contribution >= 0.6 is 0 Å². The van der Waals surface area contributed by atoms with Crippen LogP contribution in [-0.2, 0) is 5.60 Å². The molecule has 1 aromatic heterocycles. The summed E-state index contributed by atoms with van der Waals surface area (Å²) in [6.07, 6.45) is 5.40. The first-order valence-corrected chi connectivity index (χ1v) is 6.77. The molecule has 1 heterocycles. The minimum Gasteiger partial charge on any atom is -0.385 e. The predicted octanol–water partition coefficient (Wildman–Crippen LogP) is 4.02.